The summed E-state index contributed by atoms with van der Waals surface area (Å²) >= 11 is 0. The minimum Gasteiger partial charge on any atom is -0.493 e. The molecule has 2 heterocycles. The van der Waals surface area contributed by atoms with E-state index in [1.165, 1.54) is 20.4 Å². The molecule has 1 saturated carbocycles. The summed E-state index contributed by atoms with van der Waals surface area (Å²) in [6.45, 7) is 0.672. The van der Waals surface area contributed by atoms with Crippen molar-refractivity contribution in [3.05, 3.63) is 65.7 Å². The van der Waals surface area contributed by atoms with Crippen LogP contribution in [0.2, 0.25) is 0 Å². The second kappa shape index (κ2) is 10.0. The Morgan fingerprint density at radius 1 is 1.17 bits per heavy atom. The maximum absolute atomic E-state index is 12.9. The molecule has 0 amide bonds. The quantitative estimate of drug-likeness (QED) is 0.453. The number of aromatic nitrogens is 3. The van der Waals surface area contributed by atoms with E-state index in [2.05, 4.69) is 10.1 Å². The first-order chi connectivity index (χ1) is 17.4. The molecular formula is C26H26F2N4O4. The number of carbonyl (C=O) groups excluding carboxylic acids is 1. The summed E-state index contributed by atoms with van der Waals surface area (Å²) in [7, 11) is 1.48. The number of hydrogen-bond donors (Lipinski definition) is 0. The highest BCUT2D eigenvalue weighted by Gasteiger charge is 2.38. The fraction of sp³-hybridized carbons (Fsp3) is 0.385. The number of esters is 1. The molecule has 3 aromatic rings. The lowest BCUT2D eigenvalue weighted by atomic mass is 9.74. The summed E-state index contributed by atoms with van der Waals surface area (Å²) in [5, 5.41) is 4.16. The second-order valence-electron chi connectivity index (χ2n) is 8.88. The summed E-state index contributed by atoms with van der Waals surface area (Å²) in [5.41, 5.74) is 4.33. The molecule has 3 unspecified atom stereocenters. The lowest BCUT2D eigenvalue weighted by molar-refractivity contribution is -0.148. The van der Waals surface area contributed by atoms with Crippen molar-refractivity contribution in [2.24, 2.45) is 4.99 Å². The van der Waals surface area contributed by atoms with Crippen LogP contribution >= 0.6 is 0 Å². The number of carbonyl (C=O) groups is 1. The number of methoxy groups -OCH3 is 1. The molecule has 0 bridgehead atoms. The van der Waals surface area contributed by atoms with Gasteiger partial charge < -0.3 is 14.2 Å². The van der Waals surface area contributed by atoms with E-state index >= 15 is 0 Å². The Morgan fingerprint density at radius 3 is 2.64 bits per heavy atom. The van der Waals surface area contributed by atoms with E-state index in [9.17, 15) is 13.6 Å². The molecule has 1 aliphatic carbocycles. The highest BCUT2D eigenvalue weighted by atomic mass is 19.3. The maximum Gasteiger partial charge on any atom is 0.302 e. The number of ether oxygens (including phenoxy) is 3. The third-order valence-corrected chi connectivity index (χ3v) is 6.57. The third-order valence-electron chi connectivity index (χ3n) is 6.57. The lowest BCUT2D eigenvalue weighted by Gasteiger charge is -2.38. The second-order valence-corrected chi connectivity index (χ2v) is 8.88. The van der Waals surface area contributed by atoms with Gasteiger partial charge in [-0.1, -0.05) is 12.1 Å². The topological polar surface area (TPSA) is 87.8 Å². The van der Waals surface area contributed by atoms with Gasteiger partial charge in [-0.15, -0.1) is 0 Å². The van der Waals surface area contributed by atoms with Gasteiger partial charge in [0.15, 0.2) is 11.5 Å². The van der Waals surface area contributed by atoms with Crippen molar-refractivity contribution in [2.75, 3.05) is 13.7 Å². The summed E-state index contributed by atoms with van der Waals surface area (Å²) in [5.74, 6) is 0.248. The van der Waals surface area contributed by atoms with Crippen LogP contribution in [0.5, 0.6) is 11.5 Å². The number of benzene rings is 2. The zero-order valence-corrected chi connectivity index (χ0v) is 19.9. The van der Waals surface area contributed by atoms with Gasteiger partial charge in [0, 0.05) is 24.0 Å². The highest BCUT2D eigenvalue weighted by Crippen LogP contribution is 2.45. The molecule has 36 heavy (non-hydrogen) atoms. The molecule has 2 aromatic carbocycles. The number of rotatable bonds is 7. The average molecular weight is 497 g/mol. The van der Waals surface area contributed by atoms with E-state index in [4.69, 9.17) is 19.2 Å². The smallest absolute Gasteiger partial charge is 0.302 e. The maximum atomic E-state index is 12.9. The molecule has 0 spiro atoms. The monoisotopic (exact) mass is 496 g/mol. The van der Waals surface area contributed by atoms with Crippen LogP contribution < -0.4 is 9.47 Å². The standard InChI is InChI=1S/C26H26F2N4O4/c1-15(33)36-18-7-8-22-20(9-18)19-10-24(35-12-25(27)28)23(34-2)11-21(19)26(31-22)16-3-5-17(6-4-16)32-14-29-13-30-32/h3-6,10-11,13-14,18,20,22,25H,7-9,12H2,1-2H3. The van der Waals surface area contributed by atoms with Crippen molar-refractivity contribution < 1.29 is 27.8 Å². The Kier molecular flexibility index (Phi) is 6.67. The van der Waals surface area contributed by atoms with Crippen molar-refractivity contribution >= 4 is 11.7 Å². The van der Waals surface area contributed by atoms with E-state index in [0.29, 0.717) is 18.6 Å². The Labute approximate surface area is 206 Å². The minimum atomic E-state index is -2.61. The van der Waals surface area contributed by atoms with E-state index in [0.717, 1.165) is 34.5 Å². The van der Waals surface area contributed by atoms with Crippen LogP contribution in [-0.4, -0.2) is 58.7 Å². The molecule has 188 valence electrons. The van der Waals surface area contributed by atoms with E-state index < -0.39 is 13.0 Å². The Balaban J connectivity index is 1.56. The van der Waals surface area contributed by atoms with Crippen LogP contribution in [0, 0.1) is 0 Å². The van der Waals surface area contributed by atoms with E-state index in [-0.39, 0.29) is 29.8 Å². The van der Waals surface area contributed by atoms with Crippen molar-refractivity contribution in [3.63, 3.8) is 0 Å². The first-order valence-electron chi connectivity index (χ1n) is 11.8. The van der Waals surface area contributed by atoms with Gasteiger partial charge >= 0.3 is 5.97 Å². The lowest BCUT2D eigenvalue weighted by Crippen LogP contribution is -2.36. The highest BCUT2D eigenvalue weighted by molar-refractivity contribution is 6.15. The fourth-order valence-electron chi connectivity index (χ4n) is 5.04. The van der Waals surface area contributed by atoms with Crippen LogP contribution in [0.25, 0.3) is 5.69 Å². The van der Waals surface area contributed by atoms with Crippen LogP contribution in [0.15, 0.2) is 54.0 Å². The summed E-state index contributed by atoms with van der Waals surface area (Å²) < 4.78 is 43.9. The third kappa shape index (κ3) is 4.80. The normalized spacial score (nSPS) is 20.8. The van der Waals surface area contributed by atoms with Crippen LogP contribution in [0.3, 0.4) is 0 Å². The molecule has 1 aromatic heterocycles. The molecule has 0 radical (unpaired) electrons. The van der Waals surface area contributed by atoms with Gasteiger partial charge in [-0.2, -0.15) is 5.10 Å². The minimum absolute atomic E-state index is 0.0364. The molecule has 10 heteroatoms. The molecule has 1 fully saturated rings. The molecule has 3 atom stereocenters. The van der Waals surface area contributed by atoms with E-state index in [1.807, 2.05) is 24.3 Å². The van der Waals surface area contributed by atoms with Gasteiger partial charge in [-0.25, -0.2) is 18.4 Å². The van der Waals surface area contributed by atoms with Gasteiger partial charge in [0.1, 0.15) is 25.4 Å². The fourth-order valence-corrected chi connectivity index (χ4v) is 5.04. The summed E-state index contributed by atoms with van der Waals surface area (Å²) in [6, 6.07) is 11.4. The van der Waals surface area contributed by atoms with Crippen molar-refractivity contribution in [2.45, 2.75) is 50.7 Å². The first-order valence-corrected chi connectivity index (χ1v) is 11.8. The summed E-state index contributed by atoms with van der Waals surface area (Å²) in [6.07, 6.45) is 2.32. The molecule has 8 nitrogen and oxygen atoms in total. The zero-order chi connectivity index (χ0) is 25.2. The summed E-state index contributed by atoms with van der Waals surface area (Å²) in [4.78, 5) is 20.7. The number of aliphatic imine (C=N–C) groups is 1. The number of halogens is 2. The van der Waals surface area contributed by atoms with Gasteiger partial charge in [-0.3, -0.25) is 9.79 Å². The van der Waals surface area contributed by atoms with Crippen molar-refractivity contribution in [1.82, 2.24) is 14.8 Å². The van der Waals surface area contributed by atoms with Crippen molar-refractivity contribution in [3.8, 4) is 17.2 Å². The predicted molar refractivity (Wildman–Crippen MR) is 127 cm³/mol. The van der Waals surface area contributed by atoms with Gasteiger partial charge in [0.05, 0.1) is 24.6 Å². The Bertz CT molecular complexity index is 1260. The predicted octanol–water partition coefficient (Wildman–Crippen LogP) is 4.34. The number of fused-ring (bicyclic) bond motifs is 3. The Hall–Kier alpha value is -3.82. The SMILES string of the molecule is COc1cc2c(cc1OCC(F)F)C1CC(OC(C)=O)CCC1N=C2c1ccc(-n2cncn2)cc1. The largest absolute Gasteiger partial charge is 0.493 e. The number of hydrogen-bond acceptors (Lipinski definition) is 7. The number of alkyl halides is 2. The van der Waals surface area contributed by atoms with Crippen molar-refractivity contribution in [1.29, 1.82) is 0 Å². The molecule has 2 aliphatic rings. The average Bonchev–Trinajstić information content (AvgIpc) is 3.41. The molecule has 5 rings (SSSR count). The first kappa shape index (κ1) is 23.9. The van der Waals surface area contributed by atoms with Gasteiger partial charge in [0.25, 0.3) is 6.43 Å². The molecule has 0 saturated heterocycles. The zero-order valence-electron chi connectivity index (χ0n) is 19.9. The Morgan fingerprint density at radius 2 is 1.97 bits per heavy atom. The van der Waals surface area contributed by atoms with Crippen LogP contribution in [0.1, 0.15) is 48.8 Å². The van der Waals surface area contributed by atoms with Gasteiger partial charge in [0.2, 0.25) is 0 Å². The molecule has 1 aliphatic heterocycles. The molecular weight excluding hydrogens is 470 g/mol. The van der Waals surface area contributed by atoms with Crippen LogP contribution in [0.4, 0.5) is 8.78 Å². The molecule has 0 N–H and O–H groups in total. The van der Waals surface area contributed by atoms with E-state index in [1.54, 1.807) is 23.1 Å². The van der Waals surface area contributed by atoms with Gasteiger partial charge in [-0.05, 0) is 49.1 Å². The van der Waals surface area contributed by atoms with Crippen LogP contribution in [-0.2, 0) is 9.53 Å². The number of nitrogens with zero attached hydrogens (tertiary/aromatic N) is 4.